The summed E-state index contributed by atoms with van der Waals surface area (Å²) >= 11 is 0. The van der Waals surface area contributed by atoms with E-state index < -0.39 is 0 Å². The summed E-state index contributed by atoms with van der Waals surface area (Å²) in [5, 5.41) is 16.2. The molecule has 0 atom stereocenters. The lowest BCUT2D eigenvalue weighted by atomic mass is 10.1. The maximum Gasteiger partial charge on any atom is 0.248 e. The highest BCUT2D eigenvalue weighted by Crippen LogP contribution is 2.24. The Labute approximate surface area is 175 Å². The molecular formula is C24H22N4O2. The molecular weight excluding hydrogens is 376 g/mol. The summed E-state index contributed by atoms with van der Waals surface area (Å²) in [6.07, 6.45) is 5.35. The average Bonchev–Trinajstić information content (AvgIpc) is 3.14. The minimum atomic E-state index is -0.287. The fourth-order valence-electron chi connectivity index (χ4n) is 2.91. The highest BCUT2D eigenvalue weighted by molar-refractivity contribution is 6.02. The summed E-state index contributed by atoms with van der Waals surface area (Å²) < 4.78 is 1.72. The number of carbonyl (C=O) groups is 2. The second-order valence-corrected chi connectivity index (χ2v) is 6.93. The van der Waals surface area contributed by atoms with Gasteiger partial charge in [-0.2, -0.15) is 10.4 Å². The van der Waals surface area contributed by atoms with E-state index in [1.165, 1.54) is 13.0 Å². The molecule has 0 saturated carbocycles. The number of Topliss-reactive ketones (excluding diaryl/α,β-unsaturated/α-hetero) is 1. The van der Waals surface area contributed by atoms with E-state index in [1.54, 1.807) is 35.0 Å². The van der Waals surface area contributed by atoms with E-state index in [4.69, 9.17) is 5.26 Å². The monoisotopic (exact) mass is 398 g/mol. The lowest BCUT2D eigenvalue weighted by Crippen LogP contribution is -2.07. The highest BCUT2D eigenvalue weighted by atomic mass is 16.1. The molecule has 0 spiro atoms. The SMILES string of the molecule is CC(=O)c1ccc(NC(=O)/C=C/c2cn(CCC#N)nc2-c2ccc(C)cc2)cc1. The van der Waals surface area contributed by atoms with Crippen molar-refractivity contribution in [2.24, 2.45) is 0 Å². The number of rotatable bonds is 7. The lowest BCUT2D eigenvalue weighted by molar-refractivity contribution is -0.111. The van der Waals surface area contributed by atoms with Gasteiger partial charge in [-0.05, 0) is 44.2 Å². The molecule has 150 valence electrons. The number of nitrogens with one attached hydrogen (secondary N) is 1. The molecule has 3 aromatic rings. The molecule has 2 aromatic carbocycles. The topological polar surface area (TPSA) is 87.8 Å². The van der Waals surface area contributed by atoms with Crippen molar-refractivity contribution in [1.82, 2.24) is 9.78 Å². The Kier molecular flexibility index (Phi) is 6.56. The van der Waals surface area contributed by atoms with Crippen molar-refractivity contribution in [2.75, 3.05) is 5.32 Å². The van der Waals surface area contributed by atoms with E-state index >= 15 is 0 Å². The van der Waals surface area contributed by atoms with Crippen LogP contribution in [0.1, 0.15) is 34.8 Å². The van der Waals surface area contributed by atoms with E-state index in [1.807, 2.05) is 37.4 Å². The van der Waals surface area contributed by atoms with Crippen LogP contribution in [0.25, 0.3) is 17.3 Å². The van der Waals surface area contributed by atoms with Gasteiger partial charge in [-0.15, -0.1) is 0 Å². The molecule has 6 nitrogen and oxygen atoms in total. The van der Waals surface area contributed by atoms with Crippen molar-refractivity contribution < 1.29 is 9.59 Å². The van der Waals surface area contributed by atoms with Gasteiger partial charge in [0.1, 0.15) is 0 Å². The molecule has 6 heteroatoms. The molecule has 0 fully saturated rings. The predicted molar refractivity (Wildman–Crippen MR) is 117 cm³/mol. The Balaban J connectivity index is 1.79. The number of nitrogens with zero attached hydrogens (tertiary/aromatic N) is 3. The second-order valence-electron chi connectivity index (χ2n) is 6.93. The zero-order chi connectivity index (χ0) is 21.5. The molecule has 1 heterocycles. The Bertz CT molecular complexity index is 1120. The van der Waals surface area contributed by atoms with Crippen molar-refractivity contribution in [1.29, 1.82) is 5.26 Å². The Hall–Kier alpha value is -3.98. The van der Waals surface area contributed by atoms with Gasteiger partial charge >= 0.3 is 0 Å². The number of anilines is 1. The van der Waals surface area contributed by atoms with Crippen LogP contribution in [0, 0.1) is 18.3 Å². The molecule has 0 unspecified atom stereocenters. The lowest BCUT2D eigenvalue weighted by Gasteiger charge is -2.03. The summed E-state index contributed by atoms with van der Waals surface area (Å²) in [7, 11) is 0. The maximum atomic E-state index is 12.3. The van der Waals surface area contributed by atoms with Crippen LogP contribution < -0.4 is 5.32 Å². The molecule has 0 radical (unpaired) electrons. The van der Waals surface area contributed by atoms with Gasteiger partial charge < -0.3 is 5.32 Å². The first-order valence-electron chi connectivity index (χ1n) is 9.58. The number of carbonyl (C=O) groups excluding carboxylic acids is 2. The van der Waals surface area contributed by atoms with Crippen molar-refractivity contribution >= 4 is 23.5 Å². The number of aromatic nitrogens is 2. The fraction of sp³-hybridized carbons (Fsp3) is 0.167. The minimum absolute atomic E-state index is 0.0233. The average molecular weight is 398 g/mol. The number of hydrogen-bond acceptors (Lipinski definition) is 4. The van der Waals surface area contributed by atoms with E-state index in [2.05, 4.69) is 16.5 Å². The number of nitriles is 1. The van der Waals surface area contributed by atoms with Crippen LogP contribution in [0.2, 0.25) is 0 Å². The normalized spacial score (nSPS) is 10.7. The van der Waals surface area contributed by atoms with Gasteiger partial charge in [0.2, 0.25) is 5.91 Å². The number of ketones is 1. The third-order valence-electron chi connectivity index (χ3n) is 4.54. The number of benzene rings is 2. The van der Waals surface area contributed by atoms with Crippen LogP contribution in [0.5, 0.6) is 0 Å². The molecule has 1 amide bonds. The summed E-state index contributed by atoms with van der Waals surface area (Å²) in [5.74, 6) is -0.310. The van der Waals surface area contributed by atoms with E-state index in [0.29, 0.717) is 24.2 Å². The summed E-state index contributed by atoms with van der Waals surface area (Å²) in [5.41, 5.74) is 4.84. The van der Waals surface area contributed by atoms with Gasteiger partial charge in [0.05, 0.1) is 24.7 Å². The quantitative estimate of drug-likeness (QED) is 0.464. The van der Waals surface area contributed by atoms with Gasteiger partial charge in [0.25, 0.3) is 0 Å². The van der Waals surface area contributed by atoms with Crippen LogP contribution >= 0.6 is 0 Å². The van der Waals surface area contributed by atoms with Crippen molar-refractivity contribution in [2.45, 2.75) is 26.8 Å². The summed E-state index contributed by atoms with van der Waals surface area (Å²) in [4.78, 5) is 23.7. The molecule has 3 rings (SSSR count). The molecule has 0 aliphatic carbocycles. The molecule has 0 aliphatic rings. The number of amides is 1. The fourth-order valence-corrected chi connectivity index (χ4v) is 2.91. The van der Waals surface area contributed by atoms with Crippen molar-refractivity contribution in [3.8, 4) is 17.3 Å². The smallest absolute Gasteiger partial charge is 0.248 e. The molecule has 1 aromatic heterocycles. The third-order valence-corrected chi connectivity index (χ3v) is 4.54. The summed E-state index contributed by atoms with van der Waals surface area (Å²) in [6, 6.07) is 16.8. The van der Waals surface area contributed by atoms with Crippen molar-refractivity contribution in [3.05, 3.63) is 77.5 Å². The molecule has 1 N–H and O–H groups in total. The van der Waals surface area contributed by atoms with Crippen LogP contribution in [0.4, 0.5) is 5.69 Å². The first kappa shape index (κ1) is 20.7. The zero-order valence-electron chi connectivity index (χ0n) is 16.9. The number of aryl methyl sites for hydroxylation is 2. The first-order chi connectivity index (χ1) is 14.5. The molecule has 30 heavy (non-hydrogen) atoms. The molecule has 0 saturated heterocycles. The zero-order valence-corrected chi connectivity index (χ0v) is 16.9. The van der Waals surface area contributed by atoms with Crippen LogP contribution in [-0.4, -0.2) is 21.5 Å². The summed E-state index contributed by atoms with van der Waals surface area (Å²) in [6.45, 7) is 4.00. The Morgan fingerprint density at radius 2 is 1.83 bits per heavy atom. The van der Waals surface area contributed by atoms with Gasteiger partial charge in [-0.3, -0.25) is 14.3 Å². The Morgan fingerprint density at radius 1 is 1.13 bits per heavy atom. The van der Waals surface area contributed by atoms with Gasteiger partial charge in [-0.25, -0.2) is 0 Å². The third kappa shape index (κ3) is 5.30. The second kappa shape index (κ2) is 9.48. The van der Waals surface area contributed by atoms with Crippen molar-refractivity contribution in [3.63, 3.8) is 0 Å². The van der Waals surface area contributed by atoms with E-state index in [-0.39, 0.29) is 11.7 Å². The minimum Gasteiger partial charge on any atom is -0.323 e. The van der Waals surface area contributed by atoms with Gasteiger partial charge in [0, 0.05) is 34.7 Å². The van der Waals surface area contributed by atoms with Crippen LogP contribution in [0.15, 0.2) is 60.8 Å². The maximum absolute atomic E-state index is 12.3. The number of hydrogen-bond donors (Lipinski definition) is 1. The first-order valence-corrected chi connectivity index (χ1v) is 9.58. The van der Waals surface area contributed by atoms with Crippen LogP contribution in [-0.2, 0) is 11.3 Å². The molecule has 0 aliphatic heterocycles. The standard InChI is InChI=1S/C24H22N4O2/c1-17-4-6-20(7-5-17)24-21(16-28(27-24)15-3-14-25)10-13-23(30)26-22-11-8-19(9-12-22)18(2)29/h4-13,16H,3,15H2,1-2H3,(H,26,30)/b13-10+. The molecule has 0 bridgehead atoms. The Morgan fingerprint density at radius 3 is 2.47 bits per heavy atom. The largest absolute Gasteiger partial charge is 0.323 e. The predicted octanol–water partition coefficient (Wildman–Crippen LogP) is 4.63. The van der Waals surface area contributed by atoms with E-state index in [0.717, 1.165) is 22.4 Å². The van der Waals surface area contributed by atoms with Gasteiger partial charge in [0.15, 0.2) is 5.78 Å². The highest BCUT2D eigenvalue weighted by Gasteiger charge is 2.10. The van der Waals surface area contributed by atoms with Gasteiger partial charge in [-0.1, -0.05) is 29.8 Å². The van der Waals surface area contributed by atoms with Crippen LogP contribution in [0.3, 0.4) is 0 Å². The van der Waals surface area contributed by atoms with E-state index in [9.17, 15) is 9.59 Å².